The van der Waals surface area contributed by atoms with Crippen LogP contribution < -0.4 is 15.4 Å². The van der Waals surface area contributed by atoms with Crippen LogP contribution in [-0.2, 0) is 16.0 Å². The molecule has 2 rings (SSSR count). The first-order valence-electron chi connectivity index (χ1n) is 7.43. The van der Waals surface area contributed by atoms with Crippen molar-refractivity contribution >= 4 is 33.4 Å². The summed E-state index contributed by atoms with van der Waals surface area (Å²) in [5.74, 6) is 0.0712. The van der Waals surface area contributed by atoms with Crippen molar-refractivity contribution in [1.82, 2.24) is 5.32 Å². The molecule has 0 aliphatic carbocycles. The van der Waals surface area contributed by atoms with Crippen molar-refractivity contribution in [2.75, 3.05) is 19.0 Å². The molecule has 0 aromatic heterocycles. The van der Waals surface area contributed by atoms with E-state index in [1.54, 1.807) is 13.2 Å². The summed E-state index contributed by atoms with van der Waals surface area (Å²) in [6.45, 7) is 1.83. The quantitative estimate of drug-likeness (QED) is 0.796. The van der Waals surface area contributed by atoms with Crippen molar-refractivity contribution in [3.8, 4) is 5.75 Å². The molecule has 6 heteroatoms. The summed E-state index contributed by atoms with van der Waals surface area (Å²) in [6.07, 6.45) is 0.230. The van der Waals surface area contributed by atoms with Crippen LogP contribution in [0.1, 0.15) is 11.1 Å². The van der Waals surface area contributed by atoms with Gasteiger partial charge in [0.1, 0.15) is 5.75 Å². The van der Waals surface area contributed by atoms with Gasteiger partial charge in [0.15, 0.2) is 0 Å². The fourth-order valence-corrected chi connectivity index (χ4v) is 2.41. The minimum absolute atomic E-state index is 0.0908. The predicted molar refractivity (Wildman–Crippen MR) is 97.2 cm³/mol. The molecule has 2 N–H and O–H groups in total. The molecule has 0 saturated heterocycles. The largest absolute Gasteiger partial charge is 0.495 e. The lowest BCUT2D eigenvalue weighted by Gasteiger charge is -2.11. The van der Waals surface area contributed by atoms with Crippen molar-refractivity contribution in [2.45, 2.75) is 13.3 Å². The molecule has 2 aromatic rings. The summed E-state index contributed by atoms with van der Waals surface area (Å²) in [5, 5.41) is 5.36. The third-order valence-electron chi connectivity index (χ3n) is 3.35. The number of nitrogens with one attached hydrogen (secondary N) is 2. The Hall–Kier alpha value is -2.34. The van der Waals surface area contributed by atoms with E-state index in [0.29, 0.717) is 11.4 Å². The zero-order valence-electron chi connectivity index (χ0n) is 13.6. The Balaban J connectivity index is 1.85. The van der Waals surface area contributed by atoms with Crippen LogP contribution in [0.15, 0.2) is 46.9 Å². The van der Waals surface area contributed by atoms with Gasteiger partial charge in [-0.1, -0.05) is 34.1 Å². The van der Waals surface area contributed by atoms with Crippen molar-refractivity contribution in [2.24, 2.45) is 0 Å². The predicted octanol–water partition coefficient (Wildman–Crippen LogP) is 3.06. The fraction of sp³-hybridized carbons (Fsp3) is 0.222. The van der Waals surface area contributed by atoms with E-state index in [1.165, 1.54) is 0 Å². The highest BCUT2D eigenvalue weighted by atomic mass is 79.9. The second-order valence-electron chi connectivity index (χ2n) is 5.33. The molecular weight excluding hydrogens is 372 g/mol. The number of anilines is 1. The maximum atomic E-state index is 12.0. The van der Waals surface area contributed by atoms with E-state index in [9.17, 15) is 9.59 Å². The molecule has 0 aliphatic rings. The summed E-state index contributed by atoms with van der Waals surface area (Å²) in [6, 6.07) is 13.0. The van der Waals surface area contributed by atoms with Gasteiger partial charge in [0, 0.05) is 4.47 Å². The number of hydrogen-bond acceptors (Lipinski definition) is 3. The zero-order valence-corrected chi connectivity index (χ0v) is 15.1. The van der Waals surface area contributed by atoms with Crippen LogP contribution in [0, 0.1) is 6.92 Å². The van der Waals surface area contributed by atoms with Gasteiger partial charge in [-0.2, -0.15) is 0 Å². The molecule has 0 radical (unpaired) electrons. The lowest BCUT2D eigenvalue weighted by atomic mass is 10.1. The summed E-state index contributed by atoms with van der Waals surface area (Å²) in [4.78, 5) is 23.9. The highest BCUT2D eigenvalue weighted by Crippen LogP contribution is 2.24. The number of benzene rings is 2. The van der Waals surface area contributed by atoms with Crippen LogP contribution in [0.2, 0.25) is 0 Å². The maximum Gasteiger partial charge on any atom is 0.243 e. The molecule has 0 heterocycles. The zero-order chi connectivity index (χ0) is 17.5. The monoisotopic (exact) mass is 390 g/mol. The standard InChI is InChI=1S/C18H19BrN2O3/c1-12-3-8-16(24-2)15(9-12)21-18(23)11-20-17(22)10-13-4-6-14(19)7-5-13/h3-9H,10-11H2,1-2H3,(H,20,22)(H,21,23). The Kier molecular flexibility index (Phi) is 6.37. The van der Waals surface area contributed by atoms with Gasteiger partial charge in [0.05, 0.1) is 25.8 Å². The first kappa shape index (κ1) is 18.0. The lowest BCUT2D eigenvalue weighted by Crippen LogP contribution is -2.33. The summed E-state index contributed by atoms with van der Waals surface area (Å²) >= 11 is 3.35. The smallest absolute Gasteiger partial charge is 0.243 e. The molecule has 2 aromatic carbocycles. The van der Waals surface area contributed by atoms with E-state index < -0.39 is 0 Å². The maximum absolute atomic E-state index is 12.0. The highest BCUT2D eigenvalue weighted by molar-refractivity contribution is 9.10. The van der Waals surface area contributed by atoms with Gasteiger partial charge in [-0.05, 0) is 42.3 Å². The molecule has 0 bridgehead atoms. The van der Waals surface area contributed by atoms with Crippen LogP contribution >= 0.6 is 15.9 Å². The summed E-state index contributed by atoms with van der Waals surface area (Å²) in [7, 11) is 1.54. The van der Waals surface area contributed by atoms with Gasteiger partial charge < -0.3 is 15.4 Å². The van der Waals surface area contributed by atoms with Crippen molar-refractivity contribution < 1.29 is 14.3 Å². The minimum atomic E-state index is -0.303. The molecule has 0 aliphatic heterocycles. The lowest BCUT2D eigenvalue weighted by molar-refractivity contribution is -0.123. The van der Waals surface area contributed by atoms with Crippen LogP contribution in [0.25, 0.3) is 0 Å². The highest BCUT2D eigenvalue weighted by Gasteiger charge is 2.10. The molecular formula is C18H19BrN2O3. The second kappa shape index (κ2) is 8.49. The fourth-order valence-electron chi connectivity index (χ4n) is 2.14. The third-order valence-corrected chi connectivity index (χ3v) is 3.88. The molecule has 5 nitrogen and oxygen atoms in total. The minimum Gasteiger partial charge on any atom is -0.495 e. The van der Waals surface area contributed by atoms with E-state index in [0.717, 1.165) is 15.6 Å². The van der Waals surface area contributed by atoms with Gasteiger partial charge in [0.25, 0.3) is 0 Å². The number of amides is 2. The van der Waals surface area contributed by atoms with Crippen LogP contribution in [0.3, 0.4) is 0 Å². The van der Waals surface area contributed by atoms with E-state index in [2.05, 4.69) is 26.6 Å². The van der Waals surface area contributed by atoms with E-state index in [4.69, 9.17) is 4.74 Å². The number of carbonyl (C=O) groups excluding carboxylic acids is 2. The van der Waals surface area contributed by atoms with Crippen molar-refractivity contribution in [1.29, 1.82) is 0 Å². The number of aryl methyl sites for hydroxylation is 1. The number of hydrogen-bond donors (Lipinski definition) is 2. The summed E-state index contributed by atoms with van der Waals surface area (Å²) < 4.78 is 6.17. The molecule has 0 unspecified atom stereocenters. The van der Waals surface area contributed by atoms with Crippen LogP contribution in [0.4, 0.5) is 5.69 Å². The Morgan fingerprint density at radius 2 is 1.79 bits per heavy atom. The van der Waals surface area contributed by atoms with E-state index in [-0.39, 0.29) is 24.8 Å². The van der Waals surface area contributed by atoms with Gasteiger partial charge in [-0.3, -0.25) is 9.59 Å². The Labute approximate surface area is 149 Å². The Morgan fingerprint density at radius 1 is 1.08 bits per heavy atom. The van der Waals surface area contributed by atoms with Gasteiger partial charge >= 0.3 is 0 Å². The first-order chi connectivity index (χ1) is 11.5. The molecule has 24 heavy (non-hydrogen) atoms. The average molecular weight is 391 g/mol. The number of carbonyl (C=O) groups is 2. The molecule has 0 atom stereocenters. The van der Waals surface area contributed by atoms with Crippen molar-refractivity contribution in [3.05, 3.63) is 58.1 Å². The molecule has 0 fully saturated rings. The number of halogens is 1. The summed E-state index contributed by atoms with van der Waals surface area (Å²) in [5.41, 5.74) is 2.48. The SMILES string of the molecule is COc1ccc(C)cc1NC(=O)CNC(=O)Cc1ccc(Br)cc1. The van der Waals surface area contributed by atoms with Crippen LogP contribution in [0.5, 0.6) is 5.75 Å². The van der Waals surface area contributed by atoms with Gasteiger partial charge in [-0.15, -0.1) is 0 Å². The van der Waals surface area contributed by atoms with Gasteiger partial charge in [-0.25, -0.2) is 0 Å². The topological polar surface area (TPSA) is 67.4 Å². The molecule has 126 valence electrons. The van der Waals surface area contributed by atoms with Gasteiger partial charge in [0.2, 0.25) is 11.8 Å². The first-order valence-corrected chi connectivity index (χ1v) is 8.23. The number of ether oxygens (including phenoxy) is 1. The Bertz CT molecular complexity index is 730. The average Bonchev–Trinajstić information content (AvgIpc) is 2.55. The normalized spacial score (nSPS) is 10.1. The molecule has 0 saturated carbocycles. The molecule has 2 amide bonds. The molecule has 0 spiro atoms. The Morgan fingerprint density at radius 3 is 2.46 bits per heavy atom. The third kappa shape index (κ3) is 5.38. The number of methoxy groups -OCH3 is 1. The van der Waals surface area contributed by atoms with E-state index >= 15 is 0 Å². The van der Waals surface area contributed by atoms with Crippen LogP contribution in [-0.4, -0.2) is 25.5 Å². The number of rotatable bonds is 6. The second-order valence-corrected chi connectivity index (χ2v) is 6.25. The van der Waals surface area contributed by atoms with Crippen molar-refractivity contribution in [3.63, 3.8) is 0 Å². The van der Waals surface area contributed by atoms with E-state index in [1.807, 2.05) is 43.3 Å².